The number of fused-ring (bicyclic) bond motifs is 11. The van der Waals surface area contributed by atoms with Gasteiger partial charge in [-0.15, -0.1) is 22.7 Å². The summed E-state index contributed by atoms with van der Waals surface area (Å²) in [6.45, 7) is 0. The van der Waals surface area contributed by atoms with Crippen molar-refractivity contribution in [1.29, 1.82) is 0 Å². The molecule has 8 heteroatoms. The van der Waals surface area contributed by atoms with Crippen molar-refractivity contribution in [2.45, 2.75) is 0 Å². The van der Waals surface area contributed by atoms with E-state index in [2.05, 4.69) is 155 Å². The van der Waals surface area contributed by atoms with Crippen LogP contribution in [0.3, 0.4) is 0 Å². The third-order valence-electron chi connectivity index (χ3n) is 11.6. The topological polar surface area (TPSA) is 61.4 Å². The van der Waals surface area contributed by atoms with E-state index in [1.807, 2.05) is 47.7 Å². The van der Waals surface area contributed by atoms with Crippen LogP contribution in [-0.2, 0) is 0 Å². The lowest BCUT2D eigenvalue weighted by molar-refractivity contribution is 0.953. The van der Waals surface area contributed by atoms with E-state index in [9.17, 15) is 0 Å². The predicted octanol–water partition coefficient (Wildman–Crippen LogP) is 14.0. The fourth-order valence-electron chi connectivity index (χ4n) is 8.95. The highest BCUT2D eigenvalue weighted by Crippen LogP contribution is 2.44. The molecule has 0 radical (unpaired) electrons. The lowest BCUT2D eigenvalue weighted by Crippen LogP contribution is -2.07. The molecule has 5 heterocycles. The monoisotopic (exact) mass is 802 g/mol. The normalized spacial score (nSPS) is 12.0. The Morgan fingerprint density at radius 2 is 0.933 bits per heavy atom. The number of thiazole rings is 1. The molecule has 280 valence electrons. The van der Waals surface area contributed by atoms with Crippen LogP contribution in [0.5, 0.6) is 0 Å². The van der Waals surface area contributed by atoms with Crippen molar-refractivity contribution >= 4 is 96.7 Å². The standard InChI is InChI=1S/C52H30N6S2/c1-3-14-31(15-4-1)49-54-50(32-16-5-2-6-17-32)56-52(55-49)58-42-23-11-8-19-35(42)39-29-28-38-34-18-7-10-22-41(34)57(46(38)47(39)58)43-24-13-21-40-48(43)60-51(53-40)33-26-27-37-36-20-9-12-25-44(36)59-45(37)30-33/h1-30H. The number of benzene rings is 8. The van der Waals surface area contributed by atoms with Crippen LogP contribution in [0.1, 0.15) is 0 Å². The number of nitrogens with zero attached hydrogens (tertiary/aromatic N) is 6. The molecule has 0 spiro atoms. The molecule has 0 N–H and O–H groups in total. The summed E-state index contributed by atoms with van der Waals surface area (Å²) < 4.78 is 8.40. The highest BCUT2D eigenvalue weighted by Gasteiger charge is 2.25. The van der Waals surface area contributed by atoms with Gasteiger partial charge in [0, 0.05) is 58.4 Å². The molecule has 13 aromatic rings. The minimum Gasteiger partial charge on any atom is -0.306 e. The summed E-state index contributed by atoms with van der Waals surface area (Å²) in [6.07, 6.45) is 0. The Labute approximate surface area is 350 Å². The molecule has 0 aliphatic carbocycles. The average molecular weight is 803 g/mol. The Morgan fingerprint density at radius 3 is 1.63 bits per heavy atom. The third kappa shape index (κ3) is 4.98. The van der Waals surface area contributed by atoms with E-state index in [1.165, 1.54) is 25.6 Å². The van der Waals surface area contributed by atoms with Crippen LogP contribution < -0.4 is 0 Å². The van der Waals surface area contributed by atoms with Gasteiger partial charge < -0.3 is 4.57 Å². The molecule has 0 unspecified atom stereocenters. The molecule has 8 aromatic carbocycles. The van der Waals surface area contributed by atoms with Crippen LogP contribution in [-0.4, -0.2) is 29.1 Å². The molecule has 60 heavy (non-hydrogen) atoms. The van der Waals surface area contributed by atoms with E-state index in [1.54, 1.807) is 11.3 Å². The SMILES string of the molecule is c1ccc(-c2nc(-c3ccccc3)nc(-n3c4ccccc4c4ccc5c6ccccc6n(-c6cccc7nc(-c8ccc9c(c8)sc8ccccc89)sc67)c5c43)n2)cc1. The van der Waals surface area contributed by atoms with Gasteiger partial charge >= 0.3 is 0 Å². The number of para-hydroxylation sites is 2. The van der Waals surface area contributed by atoms with Crippen molar-refractivity contribution in [3.05, 3.63) is 182 Å². The first-order valence-electron chi connectivity index (χ1n) is 19.9. The number of hydrogen-bond donors (Lipinski definition) is 0. The second-order valence-electron chi connectivity index (χ2n) is 15.0. The van der Waals surface area contributed by atoms with Crippen molar-refractivity contribution in [2.75, 3.05) is 0 Å². The van der Waals surface area contributed by atoms with Gasteiger partial charge in [-0.1, -0.05) is 146 Å². The predicted molar refractivity (Wildman–Crippen MR) is 251 cm³/mol. The van der Waals surface area contributed by atoms with Gasteiger partial charge in [0.2, 0.25) is 5.95 Å². The molecule has 0 saturated carbocycles. The van der Waals surface area contributed by atoms with Crippen LogP contribution >= 0.6 is 22.7 Å². The molecule has 0 fully saturated rings. The largest absolute Gasteiger partial charge is 0.306 e. The summed E-state index contributed by atoms with van der Waals surface area (Å²) in [5.74, 6) is 1.80. The van der Waals surface area contributed by atoms with Crippen molar-refractivity contribution < 1.29 is 0 Å². The van der Waals surface area contributed by atoms with E-state index in [0.29, 0.717) is 17.6 Å². The maximum atomic E-state index is 5.29. The van der Waals surface area contributed by atoms with Gasteiger partial charge in [0.25, 0.3) is 0 Å². The minimum atomic E-state index is 0.563. The van der Waals surface area contributed by atoms with E-state index in [-0.39, 0.29) is 0 Å². The fraction of sp³-hybridized carbons (Fsp3) is 0. The first-order chi connectivity index (χ1) is 29.7. The Kier molecular flexibility index (Phi) is 7.24. The van der Waals surface area contributed by atoms with Crippen molar-refractivity contribution in [3.8, 4) is 45.0 Å². The molecule has 13 rings (SSSR count). The van der Waals surface area contributed by atoms with Gasteiger partial charge in [0.1, 0.15) is 5.01 Å². The van der Waals surface area contributed by atoms with Gasteiger partial charge in [-0.05, 0) is 36.4 Å². The smallest absolute Gasteiger partial charge is 0.238 e. The fourth-order valence-corrected chi connectivity index (χ4v) is 11.2. The highest BCUT2D eigenvalue weighted by atomic mass is 32.1. The Balaban J connectivity index is 1.11. The molecule has 6 nitrogen and oxygen atoms in total. The second-order valence-corrected chi connectivity index (χ2v) is 17.1. The van der Waals surface area contributed by atoms with Crippen LogP contribution in [0.2, 0.25) is 0 Å². The molecule has 0 aliphatic heterocycles. The summed E-state index contributed by atoms with van der Waals surface area (Å²) in [7, 11) is 0. The van der Waals surface area contributed by atoms with Crippen molar-refractivity contribution in [3.63, 3.8) is 0 Å². The number of aromatic nitrogens is 6. The van der Waals surface area contributed by atoms with Crippen LogP contribution in [0.4, 0.5) is 0 Å². The lowest BCUT2D eigenvalue weighted by Gasteiger charge is -2.13. The van der Waals surface area contributed by atoms with Crippen LogP contribution in [0, 0.1) is 0 Å². The van der Waals surface area contributed by atoms with Gasteiger partial charge in [-0.25, -0.2) is 9.97 Å². The maximum Gasteiger partial charge on any atom is 0.238 e. The first-order valence-corrected chi connectivity index (χ1v) is 21.5. The zero-order chi connectivity index (χ0) is 39.3. The Hall–Kier alpha value is -7.52. The van der Waals surface area contributed by atoms with E-state index in [0.717, 1.165) is 75.8 Å². The van der Waals surface area contributed by atoms with Gasteiger partial charge in [0.05, 0.1) is 38.0 Å². The maximum absolute atomic E-state index is 5.29. The second kappa shape index (κ2) is 13.0. The van der Waals surface area contributed by atoms with E-state index >= 15 is 0 Å². The highest BCUT2D eigenvalue weighted by molar-refractivity contribution is 7.26. The number of rotatable bonds is 5. The minimum absolute atomic E-state index is 0.563. The zero-order valence-corrected chi connectivity index (χ0v) is 33.5. The van der Waals surface area contributed by atoms with E-state index < -0.39 is 0 Å². The van der Waals surface area contributed by atoms with Crippen LogP contribution in [0.25, 0.3) is 119 Å². The average Bonchev–Trinajstić information content (AvgIpc) is 4.09. The molecule has 0 aliphatic rings. The quantitative estimate of drug-likeness (QED) is 0.174. The molecule has 0 amide bonds. The van der Waals surface area contributed by atoms with Gasteiger partial charge in [-0.3, -0.25) is 4.57 Å². The van der Waals surface area contributed by atoms with Gasteiger partial charge in [-0.2, -0.15) is 9.97 Å². The third-order valence-corrected chi connectivity index (χ3v) is 13.9. The number of thiophene rings is 1. The Bertz CT molecular complexity index is 3780. The lowest BCUT2D eigenvalue weighted by atomic mass is 10.1. The molecule has 5 aromatic heterocycles. The summed E-state index contributed by atoms with van der Waals surface area (Å²) in [4.78, 5) is 20.9. The summed E-state index contributed by atoms with van der Waals surface area (Å²) >= 11 is 3.59. The summed E-state index contributed by atoms with van der Waals surface area (Å²) in [5.41, 5.74) is 9.31. The van der Waals surface area contributed by atoms with Crippen molar-refractivity contribution in [2.24, 2.45) is 0 Å². The molecule has 0 atom stereocenters. The Morgan fingerprint density at radius 1 is 0.367 bits per heavy atom. The first kappa shape index (κ1) is 33.5. The number of hydrogen-bond acceptors (Lipinski definition) is 6. The van der Waals surface area contributed by atoms with Crippen LogP contribution in [0.15, 0.2) is 182 Å². The molecular formula is C52H30N6S2. The summed E-state index contributed by atoms with van der Waals surface area (Å²) in [5, 5.41) is 8.17. The summed E-state index contributed by atoms with van der Waals surface area (Å²) in [6, 6.07) is 64.2. The zero-order valence-electron chi connectivity index (χ0n) is 31.8. The molecular weight excluding hydrogens is 773 g/mol. The van der Waals surface area contributed by atoms with Gasteiger partial charge in [0.15, 0.2) is 11.6 Å². The molecule has 0 bridgehead atoms. The van der Waals surface area contributed by atoms with Crippen molar-refractivity contribution in [1.82, 2.24) is 29.1 Å². The van der Waals surface area contributed by atoms with E-state index in [4.69, 9.17) is 19.9 Å². The molecule has 0 saturated heterocycles.